The van der Waals surface area contributed by atoms with Gasteiger partial charge in [-0.25, -0.2) is 17.9 Å². The van der Waals surface area contributed by atoms with Gasteiger partial charge < -0.3 is 10.0 Å². The minimum Gasteiger partial charge on any atom is -0.478 e. The number of carboxylic acid groups (broad SMARTS) is 1. The third-order valence-electron chi connectivity index (χ3n) is 3.84. The maximum atomic E-state index is 12.4. The molecule has 0 aromatic heterocycles. The third-order valence-corrected chi connectivity index (χ3v) is 5.76. The molecule has 0 aliphatic heterocycles. The van der Waals surface area contributed by atoms with Crippen LogP contribution in [0, 0.1) is 0 Å². The summed E-state index contributed by atoms with van der Waals surface area (Å²) in [6, 6.07) is 3.43. The van der Waals surface area contributed by atoms with E-state index in [-0.39, 0.29) is 21.5 Å². The van der Waals surface area contributed by atoms with Gasteiger partial charge in [0.05, 0.1) is 15.5 Å². The molecule has 24 heavy (non-hydrogen) atoms. The number of sulfonamides is 1. The van der Waals surface area contributed by atoms with Crippen molar-refractivity contribution in [1.29, 1.82) is 0 Å². The van der Waals surface area contributed by atoms with Crippen molar-refractivity contribution in [2.75, 3.05) is 19.6 Å². The molecule has 0 saturated heterocycles. The fraction of sp³-hybridized carbons (Fsp3) is 0.562. The van der Waals surface area contributed by atoms with Gasteiger partial charge in [0.25, 0.3) is 0 Å². The van der Waals surface area contributed by atoms with E-state index < -0.39 is 16.0 Å². The van der Waals surface area contributed by atoms with Crippen molar-refractivity contribution in [3.05, 3.63) is 28.8 Å². The fourth-order valence-electron chi connectivity index (χ4n) is 2.39. The Bertz CT molecular complexity index is 660. The van der Waals surface area contributed by atoms with Crippen molar-refractivity contribution < 1.29 is 18.3 Å². The summed E-state index contributed by atoms with van der Waals surface area (Å²) in [6.07, 6.45) is 1.58. The van der Waals surface area contributed by atoms with Crippen LogP contribution < -0.4 is 4.72 Å². The maximum absolute atomic E-state index is 12.4. The van der Waals surface area contributed by atoms with E-state index in [1.165, 1.54) is 12.1 Å². The van der Waals surface area contributed by atoms with Gasteiger partial charge in [-0.2, -0.15) is 0 Å². The average molecular weight is 377 g/mol. The molecule has 0 spiro atoms. The number of aromatic carboxylic acids is 1. The molecule has 1 rings (SSSR count). The first kappa shape index (κ1) is 20.9. The molecular formula is C16H25ClN2O4S. The van der Waals surface area contributed by atoms with E-state index in [9.17, 15) is 13.2 Å². The summed E-state index contributed by atoms with van der Waals surface area (Å²) >= 11 is 5.77. The van der Waals surface area contributed by atoms with Crippen LogP contribution in [-0.2, 0) is 10.0 Å². The Balaban J connectivity index is 2.72. The molecule has 0 bridgehead atoms. The van der Waals surface area contributed by atoms with Gasteiger partial charge in [0.15, 0.2) is 0 Å². The molecular weight excluding hydrogens is 352 g/mol. The van der Waals surface area contributed by atoms with E-state index in [0.717, 1.165) is 32.1 Å². The summed E-state index contributed by atoms with van der Waals surface area (Å²) in [5, 5.41) is 9.06. The van der Waals surface area contributed by atoms with Crippen molar-refractivity contribution in [1.82, 2.24) is 9.62 Å². The molecule has 0 heterocycles. The van der Waals surface area contributed by atoms with Crippen LogP contribution >= 0.6 is 11.6 Å². The predicted molar refractivity (Wildman–Crippen MR) is 95.2 cm³/mol. The molecule has 0 radical (unpaired) electrons. The molecule has 1 aromatic rings. The van der Waals surface area contributed by atoms with Crippen LogP contribution in [0.4, 0.5) is 0 Å². The number of hydrogen-bond acceptors (Lipinski definition) is 4. The molecule has 136 valence electrons. The van der Waals surface area contributed by atoms with Crippen molar-refractivity contribution >= 4 is 27.6 Å². The minimum atomic E-state index is -3.78. The van der Waals surface area contributed by atoms with Crippen LogP contribution in [-0.4, -0.2) is 50.1 Å². The Labute approximate surface area is 148 Å². The number of benzene rings is 1. The molecule has 1 atom stereocenters. The van der Waals surface area contributed by atoms with Gasteiger partial charge in [-0.1, -0.05) is 25.4 Å². The lowest BCUT2D eigenvalue weighted by Gasteiger charge is -2.19. The Kier molecular flexibility index (Phi) is 8.15. The Morgan fingerprint density at radius 3 is 2.50 bits per heavy atom. The zero-order valence-electron chi connectivity index (χ0n) is 14.3. The molecule has 0 aliphatic rings. The smallest absolute Gasteiger partial charge is 0.337 e. The van der Waals surface area contributed by atoms with Crippen LogP contribution in [0.2, 0.25) is 5.02 Å². The SMILES string of the molecule is CCN(CC)CCCC(C)NS(=O)(=O)c1ccc(Cl)c(C(=O)O)c1. The fourth-order valence-corrected chi connectivity index (χ4v) is 3.89. The highest BCUT2D eigenvalue weighted by atomic mass is 35.5. The van der Waals surface area contributed by atoms with Crippen molar-refractivity contribution in [3.63, 3.8) is 0 Å². The average Bonchev–Trinajstić information content (AvgIpc) is 2.51. The second-order valence-corrected chi connectivity index (χ2v) is 7.76. The van der Waals surface area contributed by atoms with Gasteiger partial charge in [-0.3, -0.25) is 0 Å². The first-order valence-corrected chi connectivity index (χ1v) is 9.84. The lowest BCUT2D eigenvalue weighted by molar-refractivity contribution is 0.0697. The first-order chi connectivity index (χ1) is 11.2. The Morgan fingerprint density at radius 1 is 1.33 bits per heavy atom. The zero-order valence-corrected chi connectivity index (χ0v) is 15.8. The van der Waals surface area contributed by atoms with Gasteiger partial charge in [0, 0.05) is 6.04 Å². The molecule has 0 amide bonds. The van der Waals surface area contributed by atoms with Crippen molar-refractivity contribution in [3.8, 4) is 0 Å². The quantitative estimate of drug-likeness (QED) is 0.655. The van der Waals surface area contributed by atoms with E-state index in [0.29, 0.717) is 6.42 Å². The number of carboxylic acids is 1. The van der Waals surface area contributed by atoms with E-state index >= 15 is 0 Å². The number of hydrogen-bond donors (Lipinski definition) is 2. The molecule has 2 N–H and O–H groups in total. The summed E-state index contributed by atoms with van der Waals surface area (Å²) < 4.78 is 27.3. The molecule has 0 saturated carbocycles. The summed E-state index contributed by atoms with van der Waals surface area (Å²) in [7, 11) is -3.78. The van der Waals surface area contributed by atoms with E-state index in [1.807, 2.05) is 0 Å². The van der Waals surface area contributed by atoms with Crippen molar-refractivity contribution in [2.24, 2.45) is 0 Å². The molecule has 1 unspecified atom stereocenters. The van der Waals surface area contributed by atoms with Crippen LogP contribution in [0.5, 0.6) is 0 Å². The largest absolute Gasteiger partial charge is 0.478 e. The van der Waals surface area contributed by atoms with E-state index in [2.05, 4.69) is 23.5 Å². The van der Waals surface area contributed by atoms with Gasteiger partial charge in [-0.15, -0.1) is 0 Å². The topological polar surface area (TPSA) is 86.7 Å². The van der Waals surface area contributed by atoms with Gasteiger partial charge >= 0.3 is 5.97 Å². The summed E-state index contributed by atoms with van der Waals surface area (Å²) in [4.78, 5) is 13.3. The molecule has 6 nitrogen and oxygen atoms in total. The Hall–Kier alpha value is -1.15. The number of nitrogens with one attached hydrogen (secondary N) is 1. The monoisotopic (exact) mass is 376 g/mol. The van der Waals surface area contributed by atoms with E-state index in [1.54, 1.807) is 6.92 Å². The third kappa shape index (κ3) is 6.05. The zero-order chi connectivity index (χ0) is 18.3. The predicted octanol–water partition coefficient (Wildman–Crippen LogP) is 2.83. The number of carbonyl (C=O) groups is 1. The number of halogens is 1. The van der Waals surface area contributed by atoms with E-state index in [4.69, 9.17) is 16.7 Å². The normalized spacial score (nSPS) is 13.2. The first-order valence-electron chi connectivity index (χ1n) is 7.98. The standard InChI is InChI=1S/C16H25ClN2O4S/c1-4-19(5-2)10-6-7-12(3)18-24(22,23)13-8-9-15(17)14(11-13)16(20)21/h8-9,11-12,18H,4-7,10H2,1-3H3,(H,20,21). The Morgan fingerprint density at radius 2 is 1.96 bits per heavy atom. The highest BCUT2D eigenvalue weighted by Gasteiger charge is 2.20. The minimum absolute atomic E-state index is 0.00808. The summed E-state index contributed by atoms with van der Waals surface area (Å²) in [5.41, 5.74) is -0.228. The second-order valence-electron chi connectivity index (χ2n) is 5.64. The second kappa shape index (κ2) is 9.36. The highest BCUT2D eigenvalue weighted by molar-refractivity contribution is 7.89. The summed E-state index contributed by atoms with van der Waals surface area (Å²) in [5.74, 6) is -1.26. The number of nitrogens with zero attached hydrogens (tertiary/aromatic N) is 1. The van der Waals surface area contributed by atoms with Gasteiger partial charge in [0.1, 0.15) is 0 Å². The number of rotatable bonds is 10. The van der Waals surface area contributed by atoms with Crippen LogP contribution in [0.25, 0.3) is 0 Å². The van der Waals surface area contributed by atoms with Gasteiger partial charge in [-0.05, 0) is 57.6 Å². The van der Waals surface area contributed by atoms with Crippen molar-refractivity contribution in [2.45, 2.75) is 44.6 Å². The molecule has 8 heteroatoms. The molecule has 1 aromatic carbocycles. The molecule has 0 fully saturated rings. The summed E-state index contributed by atoms with van der Waals surface area (Å²) in [6.45, 7) is 8.85. The maximum Gasteiger partial charge on any atom is 0.337 e. The van der Waals surface area contributed by atoms with Crippen LogP contribution in [0.1, 0.15) is 44.0 Å². The lowest BCUT2D eigenvalue weighted by atomic mass is 10.2. The molecule has 0 aliphatic carbocycles. The highest BCUT2D eigenvalue weighted by Crippen LogP contribution is 2.21. The van der Waals surface area contributed by atoms with Gasteiger partial charge in [0.2, 0.25) is 10.0 Å². The lowest BCUT2D eigenvalue weighted by Crippen LogP contribution is -2.33. The van der Waals surface area contributed by atoms with Crippen LogP contribution in [0.3, 0.4) is 0 Å². The van der Waals surface area contributed by atoms with Crippen LogP contribution in [0.15, 0.2) is 23.1 Å².